The van der Waals surface area contributed by atoms with Crippen LogP contribution in [0.15, 0.2) is 176 Å². The Morgan fingerprint density at radius 1 is 0.436 bits per heavy atom. The number of aromatic nitrogens is 3. The highest BCUT2D eigenvalue weighted by Gasteiger charge is 2.52. The molecule has 0 aliphatic heterocycles. The number of hydrogen-bond donors (Lipinski definition) is 0. The Bertz CT molecular complexity index is 3410. The van der Waals surface area contributed by atoms with Crippen LogP contribution in [0.2, 0.25) is 0 Å². The molecular formula is C51H29N3S. The smallest absolute Gasteiger partial charge is 0.166 e. The molecule has 0 unspecified atom stereocenters. The largest absolute Gasteiger partial charge is 0.292 e. The van der Waals surface area contributed by atoms with E-state index >= 15 is 0 Å². The second kappa shape index (κ2) is 10.6. The van der Waals surface area contributed by atoms with Crippen LogP contribution < -0.4 is 0 Å². The molecule has 4 heteroatoms. The lowest BCUT2D eigenvalue weighted by molar-refractivity contribution is 0.794. The van der Waals surface area contributed by atoms with Gasteiger partial charge in [-0.1, -0.05) is 152 Å². The van der Waals surface area contributed by atoms with Crippen LogP contribution in [0.5, 0.6) is 0 Å². The molecule has 1 spiro atoms. The van der Waals surface area contributed by atoms with Gasteiger partial charge >= 0.3 is 0 Å². The minimum atomic E-state index is -0.451. The monoisotopic (exact) mass is 715 g/mol. The molecule has 8 aromatic carbocycles. The van der Waals surface area contributed by atoms with Gasteiger partial charge in [0.2, 0.25) is 0 Å². The van der Waals surface area contributed by atoms with Crippen molar-refractivity contribution in [2.24, 2.45) is 0 Å². The van der Waals surface area contributed by atoms with Crippen molar-refractivity contribution < 1.29 is 0 Å². The van der Waals surface area contributed by atoms with E-state index in [0.29, 0.717) is 0 Å². The second-order valence-electron chi connectivity index (χ2n) is 14.8. The van der Waals surface area contributed by atoms with Gasteiger partial charge in [0.25, 0.3) is 0 Å². The maximum Gasteiger partial charge on any atom is 0.166 e. The summed E-state index contributed by atoms with van der Waals surface area (Å²) >= 11 is 1.72. The van der Waals surface area contributed by atoms with Crippen molar-refractivity contribution in [3.63, 3.8) is 0 Å². The minimum Gasteiger partial charge on any atom is -0.292 e. The van der Waals surface area contributed by atoms with Gasteiger partial charge in [-0.2, -0.15) is 0 Å². The summed E-state index contributed by atoms with van der Waals surface area (Å²) in [4.78, 5) is 12.4. The van der Waals surface area contributed by atoms with E-state index in [-0.39, 0.29) is 0 Å². The van der Waals surface area contributed by atoms with E-state index in [2.05, 4.69) is 180 Å². The summed E-state index contributed by atoms with van der Waals surface area (Å²) in [6.07, 6.45) is 0. The number of benzene rings is 8. The zero-order valence-corrected chi connectivity index (χ0v) is 30.3. The average Bonchev–Trinajstić information content (AvgIpc) is 3.96. The predicted octanol–water partition coefficient (Wildman–Crippen LogP) is 13.1. The summed E-state index contributed by atoms with van der Waals surface area (Å²) in [6.45, 7) is 0. The van der Waals surface area contributed by atoms with Crippen molar-refractivity contribution in [3.8, 4) is 39.3 Å². The van der Waals surface area contributed by atoms with Crippen molar-refractivity contribution in [3.05, 3.63) is 198 Å². The van der Waals surface area contributed by atoms with Crippen LogP contribution >= 0.6 is 11.3 Å². The Kier molecular flexibility index (Phi) is 5.71. The van der Waals surface area contributed by atoms with Gasteiger partial charge in [-0.3, -0.25) is 4.57 Å². The summed E-state index contributed by atoms with van der Waals surface area (Å²) in [5, 5.41) is 5.98. The van der Waals surface area contributed by atoms with Crippen molar-refractivity contribution in [2.75, 3.05) is 0 Å². The first-order valence-electron chi connectivity index (χ1n) is 18.8. The Hall–Kier alpha value is -6.88. The third-order valence-corrected chi connectivity index (χ3v) is 13.3. The molecule has 13 rings (SSSR count). The molecule has 0 N–H and O–H groups in total. The number of para-hydroxylation sites is 1. The standard InChI is InChI=1S/C51H29N3S/c1-2-15-31-29-44-38(28-30(31)14-1)34-18-6-11-26-43(34)54(44)49-47(52-48-36-20-7-12-27-45(36)55-50(48)53-49)37-21-13-25-42-46(37)35-19-5-10-24-41(35)51(42)39-22-8-3-16-32(39)33-17-4-9-23-40(33)51/h1-29H. The Balaban J connectivity index is 1.20. The number of fused-ring (bicyclic) bond motifs is 17. The minimum absolute atomic E-state index is 0.451. The Morgan fingerprint density at radius 3 is 1.80 bits per heavy atom. The SMILES string of the molecule is c1ccc2c(c1)-c1ccccc1C21c2ccccc2-c2c(-c3nc4c(nc3-n3c5ccccc5c5cc6ccccc6cc53)sc3ccccc34)cccc21. The lowest BCUT2D eigenvalue weighted by Crippen LogP contribution is -2.25. The van der Waals surface area contributed by atoms with Gasteiger partial charge in [0, 0.05) is 26.4 Å². The van der Waals surface area contributed by atoms with Gasteiger partial charge in [0.1, 0.15) is 16.0 Å². The molecule has 2 aliphatic rings. The van der Waals surface area contributed by atoms with E-state index in [9.17, 15) is 0 Å². The zero-order chi connectivity index (χ0) is 35.8. The molecule has 0 atom stereocenters. The lowest BCUT2D eigenvalue weighted by atomic mass is 9.70. The van der Waals surface area contributed by atoms with E-state index in [1.807, 2.05) is 0 Å². The number of nitrogens with zero attached hydrogens (tertiary/aromatic N) is 3. The van der Waals surface area contributed by atoms with Gasteiger partial charge in [0.15, 0.2) is 5.82 Å². The highest BCUT2D eigenvalue weighted by molar-refractivity contribution is 7.25. The van der Waals surface area contributed by atoms with Crippen LogP contribution in [0.25, 0.3) is 92.3 Å². The van der Waals surface area contributed by atoms with Crippen molar-refractivity contribution >= 4 is 64.3 Å². The fourth-order valence-electron chi connectivity index (χ4n) is 10.1. The Labute approximate surface area is 320 Å². The molecule has 0 saturated heterocycles. The fourth-order valence-corrected chi connectivity index (χ4v) is 11.1. The highest BCUT2D eigenvalue weighted by atomic mass is 32.1. The van der Waals surface area contributed by atoms with Gasteiger partial charge in [0.05, 0.1) is 16.4 Å². The second-order valence-corrected chi connectivity index (χ2v) is 15.9. The molecule has 3 nitrogen and oxygen atoms in total. The third-order valence-electron chi connectivity index (χ3n) is 12.2. The van der Waals surface area contributed by atoms with Crippen LogP contribution in [0.3, 0.4) is 0 Å². The predicted molar refractivity (Wildman–Crippen MR) is 228 cm³/mol. The molecule has 3 aromatic heterocycles. The zero-order valence-electron chi connectivity index (χ0n) is 29.5. The average molecular weight is 716 g/mol. The van der Waals surface area contributed by atoms with Crippen LogP contribution in [-0.2, 0) is 5.41 Å². The van der Waals surface area contributed by atoms with Gasteiger partial charge in [-0.25, -0.2) is 9.97 Å². The van der Waals surface area contributed by atoms with Crippen molar-refractivity contribution in [2.45, 2.75) is 5.41 Å². The van der Waals surface area contributed by atoms with E-state index < -0.39 is 5.41 Å². The fraction of sp³-hybridized carbons (Fsp3) is 0.0196. The molecule has 11 aromatic rings. The molecule has 0 amide bonds. The van der Waals surface area contributed by atoms with E-state index in [1.54, 1.807) is 11.3 Å². The summed E-state index contributed by atoms with van der Waals surface area (Å²) in [7, 11) is 0. The molecule has 0 saturated carbocycles. The van der Waals surface area contributed by atoms with Crippen LogP contribution in [0.1, 0.15) is 22.3 Å². The normalized spacial score (nSPS) is 13.6. The molecule has 0 radical (unpaired) electrons. The van der Waals surface area contributed by atoms with Crippen molar-refractivity contribution in [1.82, 2.24) is 14.5 Å². The number of thiophene rings is 1. The maximum atomic E-state index is 5.75. The summed E-state index contributed by atoms with van der Waals surface area (Å²) in [5.74, 6) is 0.847. The summed E-state index contributed by atoms with van der Waals surface area (Å²) in [6, 6.07) is 64.6. The van der Waals surface area contributed by atoms with Gasteiger partial charge in [-0.05, 0) is 79.5 Å². The maximum absolute atomic E-state index is 5.75. The van der Waals surface area contributed by atoms with Crippen LogP contribution in [0.4, 0.5) is 0 Å². The van der Waals surface area contributed by atoms with Crippen molar-refractivity contribution in [1.29, 1.82) is 0 Å². The van der Waals surface area contributed by atoms with E-state index in [4.69, 9.17) is 9.97 Å². The van der Waals surface area contributed by atoms with Crippen LogP contribution in [0, 0.1) is 0 Å². The molecule has 55 heavy (non-hydrogen) atoms. The molecule has 254 valence electrons. The number of hydrogen-bond acceptors (Lipinski definition) is 3. The summed E-state index contributed by atoms with van der Waals surface area (Å²) in [5.41, 5.74) is 15.1. The van der Waals surface area contributed by atoms with Gasteiger partial charge in [-0.15, -0.1) is 11.3 Å². The molecular weight excluding hydrogens is 687 g/mol. The van der Waals surface area contributed by atoms with Crippen LogP contribution in [-0.4, -0.2) is 14.5 Å². The lowest BCUT2D eigenvalue weighted by Gasteiger charge is -2.30. The first-order chi connectivity index (χ1) is 27.3. The molecule has 2 aliphatic carbocycles. The molecule has 3 heterocycles. The summed E-state index contributed by atoms with van der Waals surface area (Å²) < 4.78 is 3.56. The number of rotatable bonds is 2. The molecule has 0 fully saturated rings. The quantitative estimate of drug-likeness (QED) is 0.178. The van der Waals surface area contributed by atoms with E-state index in [0.717, 1.165) is 43.8 Å². The topological polar surface area (TPSA) is 30.7 Å². The van der Waals surface area contributed by atoms with E-state index in [1.165, 1.54) is 70.8 Å². The Morgan fingerprint density at radius 2 is 1.02 bits per heavy atom. The molecule has 0 bridgehead atoms. The highest BCUT2D eigenvalue weighted by Crippen LogP contribution is 2.64. The van der Waals surface area contributed by atoms with Gasteiger partial charge < -0.3 is 0 Å². The third kappa shape index (κ3) is 3.70. The first-order valence-corrected chi connectivity index (χ1v) is 19.7. The first kappa shape index (κ1) is 29.6.